The van der Waals surface area contributed by atoms with E-state index < -0.39 is 17.8 Å². The number of carbonyl (C=O) groups excluding carboxylic acids is 2. The van der Waals surface area contributed by atoms with Gasteiger partial charge in [0.1, 0.15) is 12.4 Å². The van der Waals surface area contributed by atoms with Crippen molar-refractivity contribution in [2.24, 2.45) is 0 Å². The number of hydrogen-bond donors (Lipinski definition) is 1. The molecule has 0 spiro atoms. The van der Waals surface area contributed by atoms with Gasteiger partial charge in [-0.3, -0.25) is 9.69 Å². The monoisotopic (exact) mass is 367 g/mol. The van der Waals surface area contributed by atoms with E-state index in [4.69, 9.17) is 9.26 Å². The van der Waals surface area contributed by atoms with E-state index >= 15 is 0 Å². The molecule has 1 saturated heterocycles. The van der Waals surface area contributed by atoms with Crippen LogP contribution in [0.3, 0.4) is 0 Å². The highest BCUT2D eigenvalue weighted by Crippen LogP contribution is 2.25. The number of hydrogen-bond acceptors (Lipinski definition) is 5. The summed E-state index contributed by atoms with van der Waals surface area (Å²) in [7, 11) is 0. The fraction of sp³-hybridized carbons (Fsp3) is 0.105. The largest absolute Gasteiger partial charge is 0.447 e. The standard InChI is InChI=1S/C19H14FN3O4/c20-15-7-2-1-6-14(15)17-11-16(22-27-17)18(24)21-12-4-3-5-13(10-12)23-8-9-26-19(23)25/h1-7,10-11H,8-9H2,(H,21,24). The topological polar surface area (TPSA) is 84.7 Å². The van der Waals surface area contributed by atoms with E-state index in [9.17, 15) is 14.0 Å². The molecule has 1 aromatic heterocycles. The van der Waals surface area contributed by atoms with Crippen LogP contribution in [0, 0.1) is 5.82 Å². The summed E-state index contributed by atoms with van der Waals surface area (Å²) in [6.07, 6.45) is -0.426. The summed E-state index contributed by atoms with van der Waals surface area (Å²) in [5, 5.41) is 6.39. The summed E-state index contributed by atoms with van der Waals surface area (Å²) in [6, 6.07) is 14.2. The number of anilines is 2. The predicted molar refractivity (Wildman–Crippen MR) is 95.0 cm³/mol. The third-order valence-corrected chi connectivity index (χ3v) is 4.06. The molecular weight excluding hydrogens is 353 g/mol. The van der Waals surface area contributed by atoms with Gasteiger partial charge in [-0.2, -0.15) is 0 Å². The first-order chi connectivity index (χ1) is 13.1. The molecule has 0 unspecified atom stereocenters. The van der Waals surface area contributed by atoms with Crippen molar-refractivity contribution in [2.45, 2.75) is 0 Å². The lowest BCUT2D eigenvalue weighted by Crippen LogP contribution is -2.23. The van der Waals surface area contributed by atoms with Gasteiger partial charge < -0.3 is 14.6 Å². The highest BCUT2D eigenvalue weighted by atomic mass is 19.1. The molecule has 0 saturated carbocycles. The maximum atomic E-state index is 13.8. The highest BCUT2D eigenvalue weighted by molar-refractivity contribution is 6.03. The number of aromatic nitrogens is 1. The molecule has 2 heterocycles. The zero-order chi connectivity index (χ0) is 18.8. The lowest BCUT2D eigenvalue weighted by Gasteiger charge is -2.13. The number of cyclic esters (lactones) is 1. The number of rotatable bonds is 4. The van der Waals surface area contributed by atoms with E-state index in [0.29, 0.717) is 24.5 Å². The van der Waals surface area contributed by atoms with Crippen molar-refractivity contribution in [1.82, 2.24) is 5.16 Å². The molecule has 27 heavy (non-hydrogen) atoms. The molecule has 2 aromatic carbocycles. The lowest BCUT2D eigenvalue weighted by molar-refractivity contribution is 0.101. The fourth-order valence-corrected chi connectivity index (χ4v) is 2.74. The Morgan fingerprint density at radius 1 is 1.15 bits per heavy atom. The number of nitrogens with one attached hydrogen (secondary N) is 1. The molecule has 0 atom stereocenters. The molecule has 0 radical (unpaired) electrons. The Balaban J connectivity index is 1.52. The summed E-state index contributed by atoms with van der Waals surface area (Å²) in [4.78, 5) is 25.5. The molecule has 1 aliphatic heterocycles. The second-order valence-corrected chi connectivity index (χ2v) is 5.83. The number of ether oxygens (including phenoxy) is 1. The average Bonchev–Trinajstić information content (AvgIpc) is 3.31. The minimum absolute atomic E-state index is 0.0132. The number of benzene rings is 2. The van der Waals surface area contributed by atoms with Crippen LogP contribution >= 0.6 is 0 Å². The minimum atomic E-state index is -0.512. The smallest absolute Gasteiger partial charge is 0.414 e. The maximum absolute atomic E-state index is 13.8. The quantitative estimate of drug-likeness (QED) is 0.760. The van der Waals surface area contributed by atoms with Gasteiger partial charge in [0, 0.05) is 17.4 Å². The summed E-state index contributed by atoms with van der Waals surface area (Å²) >= 11 is 0. The van der Waals surface area contributed by atoms with Crippen molar-refractivity contribution in [2.75, 3.05) is 23.4 Å². The van der Waals surface area contributed by atoms with Gasteiger partial charge in [0.25, 0.3) is 5.91 Å². The van der Waals surface area contributed by atoms with Gasteiger partial charge in [-0.05, 0) is 30.3 Å². The van der Waals surface area contributed by atoms with Crippen LogP contribution in [0.1, 0.15) is 10.5 Å². The van der Waals surface area contributed by atoms with Crippen molar-refractivity contribution in [1.29, 1.82) is 0 Å². The molecule has 4 rings (SSSR count). The molecule has 1 aliphatic rings. The van der Waals surface area contributed by atoms with Gasteiger partial charge in [0.05, 0.1) is 12.1 Å². The number of amides is 2. The van der Waals surface area contributed by atoms with E-state index in [1.165, 1.54) is 23.1 Å². The average molecular weight is 367 g/mol. The van der Waals surface area contributed by atoms with E-state index in [1.54, 1.807) is 36.4 Å². The van der Waals surface area contributed by atoms with E-state index in [0.717, 1.165) is 0 Å². The van der Waals surface area contributed by atoms with E-state index in [1.807, 2.05) is 0 Å². The molecule has 1 N–H and O–H groups in total. The zero-order valence-electron chi connectivity index (χ0n) is 14.0. The third-order valence-electron chi connectivity index (χ3n) is 4.06. The van der Waals surface area contributed by atoms with Crippen LogP contribution in [-0.4, -0.2) is 30.3 Å². The van der Waals surface area contributed by atoms with Gasteiger partial charge >= 0.3 is 6.09 Å². The molecule has 8 heteroatoms. The number of nitrogens with zero attached hydrogens (tertiary/aromatic N) is 2. The first-order valence-electron chi connectivity index (χ1n) is 8.19. The molecule has 1 fully saturated rings. The van der Waals surface area contributed by atoms with Gasteiger partial charge in [0.15, 0.2) is 11.5 Å². The maximum Gasteiger partial charge on any atom is 0.414 e. The molecule has 7 nitrogen and oxygen atoms in total. The fourth-order valence-electron chi connectivity index (χ4n) is 2.74. The Morgan fingerprint density at radius 3 is 2.78 bits per heavy atom. The van der Waals surface area contributed by atoms with Crippen LogP contribution < -0.4 is 10.2 Å². The Bertz CT molecular complexity index is 1020. The van der Waals surface area contributed by atoms with Crippen LogP contribution in [0.15, 0.2) is 59.1 Å². The van der Waals surface area contributed by atoms with Crippen LogP contribution in [0.2, 0.25) is 0 Å². The summed E-state index contributed by atoms with van der Waals surface area (Å²) in [5.74, 6) is -0.819. The minimum Gasteiger partial charge on any atom is -0.447 e. The van der Waals surface area contributed by atoms with E-state index in [2.05, 4.69) is 10.5 Å². The zero-order valence-corrected chi connectivity index (χ0v) is 14.0. The third kappa shape index (κ3) is 3.37. The number of carbonyl (C=O) groups is 2. The first kappa shape index (κ1) is 16.8. The SMILES string of the molecule is O=C(Nc1cccc(N2CCOC2=O)c1)c1cc(-c2ccccc2F)on1. The van der Waals surface area contributed by atoms with Crippen molar-refractivity contribution in [3.63, 3.8) is 0 Å². The Morgan fingerprint density at radius 2 is 2.00 bits per heavy atom. The summed E-state index contributed by atoms with van der Waals surface area (Å²) in [6.45, 7) is 0.776. The van der Waals surface area contributed by atoms with Crippen molar-refractivity contribution in [3.05, 3.63) is 66.1 Å². The first-order valence-corrected chi connectivity index (χ1v) is 8.19. The van der Waals surface area contributed by atoms with Gasteiger partial charge in [-0.15, -0.1) is 0 Å². The lowest BCUT2D eigenvalue weighted by atomic mass is 10.1. The Hall–Kier alpha value is -3.68. The molecule has 0 bridgehead atoms. The predicted octanol–water partition coefficient (Wildman–Crippen LogP) is 3.69. The highest BCUT2D eigenvalue weighted by Gasteiger charge is 2.24. The van der Waals surface area contributed by atoms with E-state index in [-0.39, 0.29) is 17.0 Å². The van der Waals surface area contributed by atoms with Crippen molar-refractivity contribution < 1.29 is 23.2 Å². The molecule has 3 aromatic rings. The van der Waals surface area contributed by atoms with Crippen molar-refractivity contribution in [3.8, 4) is 11.3 Å². The molecular formula is C19H14FN3O4. The molecule has 0 aliphatic carbocycles. The molecule has 2 amide bonds. The Kier molecular flexibility index (Phi) is 4.29. The van der Waals surface area contributed by atoms with Crippen LogP contribution in [0.25, 0.3) is 11.3 Å². The molecule has 136 valence electrons. The van der Waals surface area contributed by atoms with Crippen LogP contribution in [0.5, 0.6) is 0 Å². The van der Waals surface area contributed by atoms with Crippen molar-refractivity contribution >= 4 is 23.4 Å². The van der Waals surface area contributed by atoms with Crippen LogP contribution in [0.4, 0.5) is 20.6 Å². The summed E-state index contributed by atoms with van der Waals surface area (Å²) < 4.78 is 23.8. The summed E-state index contributed by atoms with van der Waals surface area (Å²) in [5.41, 5.74) is 1.33. The van der Waals surface area contributed by atoms with Gasteiger partial charge in [-0.1, -0.05) is 23.4 Å². The van der Waals surface area contributed by atoms with Crippen LogP contribution in [-0.2, 0) is 4.74 Å². The Labute approximate surface area is 153 Å². The van der Waals surface area contributed by atoms with Gasteiger partial charge in [0.2, 0.25) is 0 Å². The number of halogens is 1. The second-order valence-electron chi connectivity index (χ2n) is 5.83. The van der Waals surface area contributed by atoms with Gasteiger partial charge in [-0.25, -0.2) is 9.18 Å². The normalized spacial score (nSPS) is 13.5. The second kappa shape index (κ2) is 6.91.